The molecular formula is C13H21NO2. The molecule has 0 aliphatic heterocycles. The Morgan fingerprint density at radius 2 is 2.25 bits per heavy atom. The molecule has 16 heavy (non-hydrogen) atoms. The van der Waals surface area contributed by atoms with Gasteiger partial charge in [-0.3, -0.25) is 0 Å². The van der Waals surface area contributed by atoms with Crippen molar-refractivity contribution >= 4 is 0 Å². The van der Waals surface area contributed by atoms with Gasteiger partial charge in [0, 0.05) is 12.6 Å². The van der Waals surface area contributed by atoms with Gasteiger partial charge < -0.3 is 14.5 Å². The van der Waals surface area contributed by atoms with Gasteiger partial charge in [0.1, 0.15) is 12.4 Å². The van der Waals surface area contributed by atoms with E-state index in [-0.39, 0.29) is 0 Å². The second-order valence-corrected chi connectivity index (χ2v) is 4.42. The first-order chi connectivity index (χ1) is 7.95. The van der Waals surface area contributed by atoms with Crippen LogP contribution < -0.4 is 5.32 Å². The molecule has 0 aromatic carbocycles. The molecule has 0 spiro atoms. The normalized spacial score (nSPS) is 17.0. The molecule has 0 atom stereocenters. The summed E-state index contributed by atoms with van der Waals surface area (Å²) in [4.78, 5) is 0. The van der Waals surface area contributed by atoms with Gasteiger partial charge in [-0.25, -0.2) is 0 Å². The van der Waals surface area contributed by atoms with E-state index in [4.69, 9.17) is 9.15 Å². The largest absolute Gasteiger partial charge is 0.467 e. The van der Waals surface area contributed by atoms with Crippen LogP contribution in [-0.2, 0) is 11.3 Å². The number of hydrogen-bond donors (Lipinski definition) is 1. The van der Waals surface area contributed by atoms with Gasteiger partial charge in [-0.15, -0.1) is 0 Å². The van der Waals surface area contributed by atoms with E-state index < -0.39 is 0 Å². The monoisotopic (exact) mass is 223 g/mol. The molecule has 1 saturated carbocycles. The summed E-state index contributed by atoms with van der Waals surface area (Å²) in [6, 6.07) is 4.60. The van der Waals surface area contributed by atoms with Crippen LogP contribution in [0.15, 0.2) is 22.8 Å². The van der Waals surface area contributed by atoms with Gasteiger partial charge in [-0.2, -0.15) is 0 Å². The van der Waals surface area contributed by atoms with Crippen LogP contribution in [0.2, 0.25) is 0 Å². The highest BCUT2D eigenvalue weighted by Gasteiger charge is 2.12. The molecule has 1 aromatic heterocycles. The Bertz CT molecular complexity index is 265. The van der Waals surface area contributed by atoms with Crippen LogP contribution in [0.25, 0.3) is 0 Å². The van der Waals surface area contributed by atoms with E-state index in [0.717, 1.165) is 31.4 Å². The van der Waals surface area contributed by atoms with Crippen molar-refractivity contribution < 1.29 is 9.15 Å². The van der Waals surface area contributed by atoms with E-state index in [1.54, 1.807) is 6.26 Å². The molecule has 3 heteroatoms. The molecule has 1 fully saturated rings. The minimum atomic E-state index is 0.594. The molecule has 0 bridgehead atoms. The minimum absolute atomic E-state index is 0.594. The summed E-state index contributed by atoms with van der Waals surface area (Å²) < 4.78 is 10.7. The van der Waals surface area contributed by atoms with Gasteiger partial charge in [0.25, 0.3) is 0 Å². The third-order valence-electron chi connectivity index (χ3n) is 3.08. The van der Waals surface area contributed by atoms with Crippen LogP contribution in [0.5, 0.6) is 0 Å². The van der Waals surface area contributed by atoms with E-state index >= 15 is 0 Å². The average molecular weight is 223 g/mol. The Balaban J connectivity index is 1.43. The zero-order valence-electron chi connectivity index (χ0n) is 9.78. The Morgan fingerprint density at radius 3 is 3.00 bits per heavy atom. The molecule has 0 saturated heterocycles. The zero-order valence-corrected chi connectivity index (χ0v) is 9.78. The maximum Gasteiger partial charge on any atom is 0.129 e. The summed E-state index contributed by atoms with van der Waals surface area (Å²) in [5.74, 6) is 0.906. The topological polar surface area (TPSA) is 34.4 Å². The van der Waals surface area contributed by atoms with Crippen molar-refractivity contribution in [3.05, 3.63) is 24.2 Å². The van der Waals surface area contributed by atoms with Crippen molar-refractivity contribution in [2.45, 2.75) is 44.8 Å². The second-order valence-electron chi connectivity index (χ2n) is 4.42. The van der Waals surface area contributed by atoms with E-state index in [1.807, 2.05) is 12.1 Å². The molecule has 3 nitrogen and oxygen atoms in total. The van der Waals surface area contributed by atoms with Gasteiger partial charge in [-0.05, 0) is 37.9 Å². The second kappa shape index (κ2) is 6.71. The van der Waals surface area contributed by atoms with Gasteiger partial charge in [0.15, 0.2) is 0 Å². The average Bonchev–Trinajstić information content (AvgIpc) is 2.96. The Labute approximate surface area is 97.2 Å². The third kappa shape index (κ3) is 3.99. The highest BCUT2D eigenvalue weighted by atomic mass is 16.5. The van der Waals surface area contributed by atoms with E-state index in [9.17, 15) is 0 Å². The molecule has 0 amide bonds. The van der Waals surface area contributed by atoms with Crippen LogP contribution >= 0.6 is 0 Å². The standard InChI is InChI=1S/C13H21NO2/c1-2-6-12(5-1)14-8-4-9-15-11-13-7-3-10-16-13/h3,7,10,12,14H,1-2,4-6,8-9,11H2. The third-order valence-corrected chi connectivity index (χ3v) is 3.08. The lowest BCUT2D eigenvalue weighted by Gasteiger charge is -2.11. The van der Waals surface area contributed by atoms with Crippen molar-refractivity contribution in [1.82, 2.24) is 5.32 Å². The predicted octanol–water partition coefficient (Wildman–Crippen LogP) is 2.72. The Morgan fingerprint density at radius 1 is 1.38 bits per heavy atom. The van der Waals surface area contributed by atoms with Crippen LogP contribution in [-0.4, -0.2) is 19.2 Å². The SMILES string of the molecule is c1coc(COCCCNC2CCCC2)c1. The summed E-state index contributed by atoms with van der Waals surface area (Å²) >= 11 is 0. The summed E-state index contributed by atoms with van der Waals surface area (Å²) in [6.07, 6.45) is 8.26. The van der Waals surface area contributed by atoms with Gasteiger partial charge in [-0.1, -0.05) is 12.8 Å². The summed E-state index contributed by atoms with van der Waals surface area (Å²) in [6.45, 7) is 2.47. The van der Waals surface area contributed by atoms with Gasteiger partial charge >= 0.3 is 0 Å². The number of rotatable bonds is 7. The van der Waals surface area contributed by atoms with E-state index in [1.165, 1.54) is 25.7 Å². The first-order valence-electron chi connectivity index (χ1n) is 6.28. The van der Waals surface area contributed by atoms with Gasteiger partial charge in [0.05, 0.1) is 6.26 Å². The number of ether oxygens (including phenoxy) is 1. The fourth-order valence-corrected chi connectivity index (χ4v) is 2.18. The van der Waals surface area contributed by atoms with Crippen molar-refractivity contribution in [2.75, 3.05) is 13.2 Å². The molecule has 1 aromatic rings. The lowest BCUT2D eigenvalue weighted by Crippen LogP contribution is -2.27. The molecular weight excluding hydrogens is 202 g/mol. The van der Waals surface area contributed by atoms with E-state index in [2.05, 4.69) is 5.32 Å². The maximum atomic E-state index is 5.51. The molecule has 90 valence electrons. The fourth-order valence-electron chi connectivity index (χ4n) is 2.18. The molecule has 0 unspecified atom stereocenters. The lowest BCUT2D eigenvalue weighted by atomic mass is 10.2. The lowest BCUT2D eigenvalue weighted by molar-refractivity contribution is 0.103. The van der Waals surface area contributed by atoms with Crippen molar-refractivity contribution in [3.63, 3.8) is 0 Å². The van der Waals surface area contributed by atoms with Crippen LogP contribution in [0.3, 0.4) is 0 Å². The predicted molar refractivity (Wildman–Crippen MR) is 63.2 cm³/mol. The molecule has 0 radical (unpaired) electrons. The first kappa shape index (κ1) is 11.7. The van der Waals surface area contributed by atoms with Crippen molar-refractivity contribution in [2.24, 2.45) is 0 Å². The van der Waals surface area contributed by atoms with E-state index in [0.29, 0.717) is 6.61 Å². The van der Waals surface area contributed by atoms with Crippen LogP contribution in [0.1, 0.15) is 37.9 Å². The highest BCUT2D eigenvalue weighted by Crippen LogP contribution is 2.17. The van der Waals surface area contributed by atoms with Gasteiger partial charge in [0.2, 0.25) is 0 Å². The molecule has 1 aliphatic rings. The molecule has 2 rings (SSSR count). The summed E-state index contributed by atoms with van der Waals surface area (Å²) in [5, 5.41) is 3.57. The number of furan rings is 1. The highest BCUT2D eigenvalue weighted by molar-refractivity contribution is 4.95. The maximum absolute atomic E-state index is 5.51. The van der Waals surface area contributed by atoms with Crippen molar-refractivity contribution in [1.29, 1.82) is 0 Å². The Kier molecular flexibility index (Phi) is 4.90. The molecule has 1 heterocycles. The summed E-state index contributed by atoms with van der Waals surface area (Å²) in [7, 11) is 0. The molecule has 1 aliphatic carbocycles. The van der Waals surface area contributed by atoms with Crippen LogP contribution in [0, 0.1) is 0 Å². The first-order valence-corrected chi connectivity index (χ1v) is 6.28. The van der Waals surface area contributed by atoms with Crippen LogP contribution in [0.4, 0.5) is 0 Å². The smallest absolute Gasteiger partial charge is 0.129 e. The zero-order chi connectivity index (χ0) is 11.1. The quantitative estimate of drug-likeness (QED) is 0.722. The fraction of sp³-hybridized carbons (Fsp3) is 0.692. The number of hydrogen-bond acceptors (Lipinski definition) is 3. The minimum Gasteiger partial charge on any atom is -0.467 e. The Hall–Kier alpha value is -0.800. The summed E-state index contributed by atoms with van der Waals surface area (Å²) in [5.41, 5.74) is 0. The molecule has 1 N–H and O–H groups in total. The van der Waals surface area contributed by atoms with Crippen molar-refractivity contribution in [3.8, 4) is 0 Å². The number of nitrogens with one attached hydrogen (secondary N) is 1.